The molecule has 26 heavy (non-hydrogen) atoms. The van der Waals surface area contributed by atoms with Crippen LogP contribution in [0.3, 0.4) is 0 Å². The van der Waals surface area contributed by atoms with Crippen LogP contribution >= 0.6 is 0 Å². The molecule has 0 fully saturated rings. The number of benzene rings is 2. The van der Waals surface area contributed by atoms with Crippen LogP contribution in [0, 0.1) is 5.92 Å². The summed E-state index contributed by atoms with van der Waals surface area (Å²) < 4.78 is 37.9. The molecule has 6 nitrogen and oxygen atoms in total. The van der Waals surface area contributed by atoms with Crippen molar-refractivity contribution >= 4 is 16.0 Å². The number of ether oxygens (including phenoxy) is 2. The van der Waals surface area contributed by atoms with Crippen LogP contribution in [-0.4, -0.2) is 34.6 Å². The molecule has 0 saturated carbocycles. The van der Waals surface area contributed by atoms with E-state index >= 15 is 0 Å². The normalized spacial score (nSPS) is 12.4. The zero-order valence-electron chi connectivity index (χ0n) is 14.8. The van der Waals surface area contributed by atoms with Gasteiger partial charge in [0.2, 0.25) is 10.0 Å². The fourth-order valence-corrected chi connectivity index (χ4v) is 3.78. The molecule has 0 heterocycles. The van der Waals surface area contributed by atoms with Gasteiger partial charge in [0.1, 0.15) is 10.6 Å². The quantitative estimate of drug-likeness (QED) is 0.679. The third-order valence-electron chi connectivity index (χ3n) is 3.82. The first-order valence-corrected chi connectivity index (χ1v) is 9.79. The topological polar surface area (TPSA) is 81.7 Å². The first-order valence-electron chi connectivity index (χ1n) is 8.31. The number of carbonyl (C=O) groups is 1. The van der Waals surface area contributed by atoms with Gasteiger partial charge in [0, 0.05) is 6.54 Å². The van der Waals surface area contributed by atoms with Crippen molar-refractivity contribution in [2.75, 3.05) is 20.3 Å². The van der Waals surface area contributed by atoms with Crippen LogP contribution < -0.4 is 9.46 Å². The summed E-state index contributed by atoms with van der Waals surface area (Å²) in [6, 6.07) is 15.7. The molecule has 0 aliphatic carbocycles. The van der Waals surface area contributed by atoms with E-state index in [-0.39, 0.29) is 23.8 Å². The van der Waals surface area contributed by atoms with E-state index in [0.29, 0.717) is 6.42 Å². The largest absolute Gasteiger partial charge is 0.495 e. The molecule has 0 radical (unpaired) electrons. The molecule has 7 heteroatoms. The summed E-state index contributed by atoms with van der Waals surface area (Å²) in [5.41, 5.74) is 0.932. The second-order valence-corrected chi connectivity index (χ2v) is 7.38. The Kier molecular flexibility index (Phi) is 7.17. The van der Waals surface area contributed by atoms with E-state index in [1.54, 1.807) is 25.1 Å². The Labute approximate surface area is 154 Å². The Morgan fingerprint density at radius 3 is 2.38 bits per heavy atom. The minimum absolute atomic E-state index is 0.0322. The number of hydrogen-bond donors (Lipinski definition) is 1. The molecule has 0 saturated heterocycles. The van der Waals surface area contributed by atoms with Crippen molar-refractivity contribution < 1.29 is 22.7 Å². The zero-order chi connectivity index (χ0) is 19.0. The summed E-state index contributed by atoms with van der Waals surface area (Å²) in [4.78, 5) is 12.3. The van der Waals surface area contributed by atoms with Crippen molar-refractivity contribution in [3.05, 3.63) is 60.2 Å². The molecule has 1 N–H and O–H groups in total. The van der Waals surface area contributed by atoms with Gasteiger partial charge in [-0.3, -0.25) is 4.79 Å². The number of esters is 1. The smallest absolute Gasteiger partial charge is 0.310 e. The fourth-order valence-electron chi connectivity index (χ4n) is 2.53. The molecular weight excluding hydrogens is 354 g/mol. The lowest BCUT2D eigenvalue weighted by Crippen LogP contribution is -2.35. The van der Waals surface area contributed by atoms with E-state index in [2.05, 4.69) is 4.72 Å². The average molecular weight is 377 g/mol. The highest BCUT2D eigenvalue weighted by Gasteiger charge is 2.25. The van der Waals surface area contributed by atoms with Gasteiger partial charge in [-0.2, -0.15) is 0 Å². The highest BCUT2D eigenvalue weighted by Crippen LogP contribution is 2.22. The number of nitrogens with one attached hydrogen (secondary N) is 1. The maximum absolute atomic E-state index is 12.6. The molecule has 1 unspecified atom stereocenters. The van der Waals surface area contributed by atoms with Gasteiger partial charge in [0.15, 0.2) is 0 Å². The van der Waals surface area contributed by atoms with Crippen LogP contribution in [0.4, 0.5) is 0 Å². The van der Waals surface area contributed by atoms with Gasteiger partial charge in [0.25, 0.3) is 0 Å². The van der Waals surface area contributed by atoms with E-state index in [4.69, 9.17) is 9.47 Å². The van der Waals surface area contributed by atoms with Gasteiger partial charge in [0.05, 0.1) is 19.6 Å². The number of methoxy groups -OCH3 is 1. The van der Waals surface area contributed by atoms with Crippen molar-refractivity contribution in [1.82, 2.24) is 4.72 Å². The summed E-state index contributed by atoms with van der Waals surface area (Å²) >= 11 is 0. The van der Waals surface area contributed by atoms with Crippen molar-refractivity contribution in [2.24, 2.45) is 5.92 Å². The van der Waals surface area contributed by atoms with Crippen molar-refractivity contribution in [1.29, 1.82) is 0 Å². The van der Waals surface area contributed by atoms with Gasteiger partial charge in [-0.15, -0.1) is 0 Å². The molecule has 0 amide bonds. The van der Waals surface area contributed by atoms with Gasteiger partial charge < -0.3 is 9.47 Å². The van der Waals surface area contributed by atoms with E-state index in [0.717, 1.165) is 5.56 Å². The lowest BCUT2D eigenvalue weighted by Gasteiger charge is -2.17. The first-order chi connectivity index (χ1) is 12.5. The van der Waals surface area contributed by atoms with Crippen LogP contribution in [0.15, 0.2) is 59.5 Å². The number of hydrogen-bond acceptors (Lipinski definition) is 5. The van der Waals surface area contributed by atoms with Crippen LogP contribution in [0.1, 0.15) is 12.5 Å². The fraction of sp³-hybridized carbons (Fsp3) is 0.316. The molecule has 0 aromatic heterocycles. The van der Waals surface area contributed by atoms with Crippen molar-refractivity contribution in [2.45, 2.75) is 18.2 Å². The standard InChI is InChI=1S/C19H23NO5S/c1-3-25-19(21)16(13-15-9-5-4-6-10-15)14-20-26(22,23)18-12-8-7-11-17(18)24-2/h4-12,16,20H,3,13-14H2,1-2H3. The Morgan fingerprint density at radius 2 is 1.73 bits per heavy atom. The SMILES string of the molecule is CCOC(=O)C(CNS(=O)(=O)c1ccccc1OC)Cc1ccccc1. The van der Waals surface area contributed by atoms with E-state index < -0.39 is 21.9 Å². The molecule has 0 aliphatic rings. The Hall–Kier alpha value is -2.38. The molecule has 140 valence electrons. The zero-order valence-corrected chi connectivity index (χ0v) is 15.7. The molecule has 2 aromatic carbocycles. The van der Waals surface area contributed by atoms with Gasteiger partial charge in [-0.1, -0.05) is 42.5 Å². The Balaban J connectivity index is 2.16. The molecular formula is C19H23NO5S. The molecule has 0 spiro atoms. The number of para-hydroxylation sites is 1. The maximum Gasteiger partial charge on any atom is 0.310 e. The summed E-state index contributed by atoms with van der Waals surface area (Å²) in [5, 5.41) is 0. The Morgan fingerprint density at radius 1 is 1.08 bits per heavy atom. The number of rotatable bonds is 9. The molecule has 0 bridgehead atoms. The van der Waals surface area contributed by atoms with Gasteiger partial charge in [-0.25, -0.2) is 13.1 Å². The molecule has 2 aromatic rings. The minimum atomic E-state index is -3.82. The summed E-state index contributed by atoms with van der Waals surface area (Å²) in [5.74, 6) is -0.809. The lowest BCUT2D eigenvalue weighted by atomic mass is 10.00. The summed E-state index contributed by atoms with van der Waals surface area (Å²) in [6.07, 6.45) is 0.383. The van der Waals surface area contributed by atoms with E-state index in [1.807, 2.05) is 30.3 Å². The highest BCUT2D eigenvalue weighted by atomic mass is 32.2. The minimum Gasteiger partial charge on any atom is -0.495 e. The number of carbonyl (C=O) groups excluding carboxylic acids is 1. The van der Waals surface area contributed by atoms with Crippen LogP contribution in [0.25, 0.3) is 0 Å². The van der Waals surface area contributed by atoms with Gasteiger partial charge >= 0.3 is 5.97 Å². The lowest BCUT2D eigenvalue weighted by molar-refractivity contribution is -0.147. The Bertz CT molecular complexity index is 821. The number of sulfonamides is 1. The second kappa shape index (κ2) is 9.35. The maximum atomic E-state index is 12.6. The summed E-state index contributed by atoms with van der Waals surface area (Å²) in [7, 11) is -2.41. The van der Waals surface area contributed by atoms with Crippen LogP contribution in [-0.2, 0) is 26.0 Å². The third-order valence-corrected chi connectivity index (χ3v) is 5.29. The third kappa shape index (κ3) is 5.31. The highest BCUT2D eigenvalue weighted by molar-refractivity contribution is 7.89. The van der Waals surface area contributed by atoms with E-state index in [1.165, 1.54) is 13.2 Å². The monoisotopic (exact) mass is 377 g/mol. The molecule has 0 aliphatic heterocycles. The summed E-state index contributed by atoms with van der Waals surface area (Å²) in [6.45, 7) is 1.90. The van der Waals surface area contributed by atoms with Gasteiger partial charge in [-0.05, 0) is 31.0 Å². The predicted octanol–water partition coefficient (Wildman–Crippen LogP) is 2.40. The van der Waals surface area contributed by atoms with Crippen molar-refractivity contribution in [3.8, 4) is 5.75 Å². The van der Waals surface area contributed by atoms with Crippen LogP contribution in [0.2, 0.25) is 0 Å². The van der Waals surface area contributed by atoms with E-state index in [9.17, 15) is 13.2 Å². The average Bonchev–Trinajstić information content (AvgIpc) is 2.66. The second-order valence-electron chi connectivity index (χ2n) is 5.64. The van der Waals surface area contributed by atoms with Crippen molar-refractivity contribution in [3.63, 3.8) is 0 Å². The molecule has 1 atom stereocenters. The molecule has 2 rings (SSSR count). The predicted molar refractivity (Wildman–Crippen MR) is 98.5 cm³/mol. The van der Waals surface area contributed by atoms with Crippen LogP contribution in [0.5, 0.6) is 5.75 Å². The first kappa shape index (κ1) is 19.9.